The monoisotopic (exact) mass is 369 g/mol. The van der Waals surface area contributed by atoms with E-state index in [1.165, 1.54) is 5.56 Å². The van der Waals surface area contributed by atoms with E-state index in [2.05, 4.69) is 44.1 Å². The molecule has 0 bridgehead atoms. The maximum Gasteiger partial charge on any atom is 0.231 e. The lowest BCUT2D eigenvalue weighted by Gasteiger charge is -2.35. The van der Waals surface area contributed by atoms with Gasteiger partial charge in [0.05, 0.1) is 0 Å². The van der Waals surface area contributed by atoms with Crippen LogP contribution >= 0.6 is 0 Å². The third kappa shape index (κ3) is 4.42. The molecule has 0 aliphatic carbocycles. The molecular formula is C20H27N5O2. The second kappa shape index (κ2) is 8.43. The van der Waals surface area contributed by atoms with Crippen molar-refractivity contribution in [2.75, 3.05) is 49.7 Å². The molecule has 27 heavy (non-hydrogen) atoms. The number of fused-ring (bicyclic) bond motifs is 1. The van der Waals surface area contributed by atoms with E-state index in [0.717, 1.165) is 75.4 Å². The molecule has 7 heteroatoms. The first kappa shape index (κ1) is 17.9. The molecule has 2 aliphatic heterocycles. The number of anilines is 2. The number of benzene rings is 1. The Kier molecular flexibility index (Phi) is 5.58. The molecule has 2 aliphatic rings. The number of aromatic nitrogens is 2. The molecule has 3 heterocycles. The Morgan fingerprint density at radius 2 is 1.93 bits per heavy atom. The van der Waals surface area contributed by atoms with Crippen LogP contribution in [-0.4, -0.2) is 54.4 Å². The molecule has 0 saturated carbocycles. The zero-order valence-electron chi connectivity index (χ0n) is 15.9. The number of piperazine rings is 1. The van der Waals surface area contributed by atoms with Gasteiger partial charge in [-0.15, -0.1) is 0 Å². The summed E-state index contributed by atoms with van der Waals surface area (Å²) >= 11 is 0. The van der Waals surface area contributed by atoms with Crippen molar-refractivity contribution in [3.05, 3.63) is 36.0 Å². The van der Waals surface area contributed by atoms with E-state index < -0.39 is 0 Å². The fourth-order valence-corrected chi connectivity index (χ4v) is 3.42. The van der Waals surface area contributed by atoms with Crippen molar-refractivity contribution in [2.24, 2.45) is 0 Å². The largest absolute Gasteiger partial charge is 0.454 e. The number of unbranched alkanes of at least 4 members (excludes halogenated alkanes) is 1. The van der Waals surface area contributed by atoms with Crippen LogP contribution in [0.4, 0.5) is 11.8 Å². The minimum atomic E-state index is 0.325. The minimum Gasteiger partial charge on any atom is -0.454 e. The van der Waals surface area contributed by atoms with Crippen molar-refractivity contribution in [1.29, 1.82) is 0 Å². The lowest BCUT2D eigenvalue weighted by molar-refractivity contribution is 0.174. The predicted octanol–water partition coefficient (Wildman–Crippen LogP) is 2.74. The standard InChI is InChI=1S/C20H27N5O2/c1-2-3-7-21-20-22-8-6-19(23-20)25-11-9-24(10-12-25)14-16-4-5-17-18(13-16)27-15-26-17/h4-6,8,13H,2-3,7,9-12,14-15H2,1H3,(H,21,22,23). The van der Waals surface area contributed by atoms with Crippen molar-refractivity contribution >= 4 is 11.8 Å². The highest BCUT2D eigenvalue weighted by molar-refractivity contribution is 5.45. The zero-order valence-corrected chi connectivity index (χ0v) is 15.9. The first-order valence-corrected chi connectivity index (χ1v) is 9.74. The Labute approximate surface area is 160 Å². The summed E-state index contributed by atoms with van der Waals surface area (Å²) in [5.74, 6) is 3.43. The van der Waals surface area contributed by atoms with Gasteiger partial charge >= 0.3 is 0 Å². The van der Waals surface area contributed by atoms with Gasteiger partial charge in [-0.05, 0) is 30.2 Å². The number of nitrogens with one attached hydrogen (secondary N) is 1. The third-order valence-corrected chi connectivity index (χ3v) is 4.99. The summed E-state index contributed by atoms with van der Waals surface area (Å²) in [6, 6.07) is 8.21. The Hall–Kier alpha value is -2.54. The number of hydrogen-bond acceptors (Lipinski definition) is 7. The summed E-state index contributed by atoms with van der Waals surface area (Å²) in [6.07, 6.45) is 4.14. The van der Waals surface area contributed by atoms with Gasteiger partial charge in [-0.3, -0.25) is 4.90 Å². The maximum absolute atomic E-state index is 5.48. The molecule has 0 radical (unpaired) electrons. The number of hydrogen-bond donors (Lipinski definition) is 1. The van der Waals surface area contributed by atoms with E-state index >= 15 is 0 Å². The van der Waals surface area contributed by atoms with E-state index in [-0.39, 0.29) is 0 Å². The molecule has 144 valence electrons. The molecule has 1 fully saturated rings. The maximum atomic E-state index is 5.48. The van der Waals surface area contributed by atoms with Crippen molar-refractivity contribution < 1.29 is 9.47 Å². The lowest BCUT2D eigenvalue weighted by Crippen LogP contribution is -2.46. The van der Waals surface area contributed by atoms with Crippen LogP contribution in [0.3, 0.4) is 0 Å². The minimum absolute atomic E-state index is 0.325. The van der Waals surface area contributed by atoms with Gasteiger partial charge in [0.25, 0.3) is 0 Å². The predicted molar refractivity (Wildman–Crippen MR) is 105 cm³/mol. The van der Waals surface area contributed by atoms with Crippen molar-refractivity contribution in [1.82, 2.24) is 14.9 Å². The van der Waals surface area contributed by atoms with Crippen LogP contribution in [0.25, 0.3) is 0 Å². The molecule has 0 spiro atoms. The molecule has 4 rings (SSSR count). The highest BCUT2D eigenvalue weighted by Gasteiger charge is 2.20. The molecule has 0 amide bonds. The van der Waals surface area contributed by atoms with Crippen LogP contribution in [0.5, 0.6) is 11.5 Å². The summed E-state index contributed by atoms with van der Waals surface area (Å²) in [5, 5.41) is 3.31. The molecule has 2 aromatic rings. The van der Waals surface area contributed by atoms with Crippen molar-refractivity contribution in [3.8, 4) is 11.5 Å². The Bertz CT molecular complexity index is 762. The quantitative estimate of drug-likeness (QED) is 0.753. The normalized spacial score (nSPS) is 16.6. The SMILES string of the molecule is CCCCNc1nccc(N2CCN(Cc3ccc4c(c3)OCO4)CC2)n1. The average Bonchev–Trinajstić information content (AvgIpc) is 3.17. The highest BCUT2D eigenvalue weighted by atomic mass is 16.7. The summed E-state index contributed by atoms with van der Waals surface area (Å²) in [4.78, 5) is 13.8. The number of rotatable bonds is 7. The summed E-state index contributed by atoms with van der Waals surface area (Å²) in [7, 11) is 0. The average molecular weight is 369 g/mol. The number of ether oxygens (including phenoxy) is 2. The Morgan fingerprint density at radius 1 is 1.07 bits per heavy atom. The van der Waals surface area contributed by atoms with Gasteiger partial charge in [0.15, 0.2) is 11.5 Å². The van der Waals surface area contributed by atoms with Crippen LogP contribution in [-0.2, 0) is 6.54 Å². The summed E-state index contributed by atoms with van der Waals surface area (Å²) < 4.78 is 10.9. The first-order chi connectivity index (χ1) is 13.3. The van der Waals surface area contributed by atoms with E-state index in [9.17, 15) is 0 Å². The molecule has 0 unspecified atom stereocenters. The molecule has 1 saturated heterocycles. The summed E-state index contributed by atoms with van der Waals surface area (Å²) in [5.41, 5.74) is 1.26. The van der Waals surface area contributed by atoms with Crippen molar-refractivity contribution in [2.45, 2.75) is 26.3 Å². The summed E-state index contributed by atoms with van der Waals surface area (Å²) in [6.45, 7) is 8.31. The molecule has 1 aromatic carbocycles. The van der Waals surface area contributed by atoms with Gasteiger partial charge in [-0.25, -0.2) is 4.98 Å². The van der Waals surface area contributed by atoms with E-state index in [1.54, 1.807) is 0 Å². The fraction of sp³-hybridized carbons (Fsp3) is 0.500. The van der Waals surface area contributed by atoms with Crippen LogP contribution in [0.2, 0.25) is 0 Å². The first-order valence-electron chi connectivity index (χ1n) is 9.74. The van der Waals surface area contributed by atoms with Crippen molar-refractivity contribution in [3.63, 3.8) is 0 Å². The van der Waals surface area contributed by atoms with Gasteiger partial charge in [0.2, 0.25) is 12.7 Å². The van der Waals surface area contributed by atoms with Gasteiger partial charge in [-0.2, -0.15) is 4.98 Å². The molecule has 7 nitrogen and oxygen atoms in total. The van der Waals surface area contributed by atoms with E-state index in [4.69, 9.17) is 9.47 Å². The molecular weight excluding hydrogens is 342 g/mol. The Morgan fingerprint density at radius 3 is 2.78 bits per heavy atom. The van der Waals surface area contributed by atoms with Gasteiger partial charge in [0, 0.05) is 45.5 Å². The number of nitrogens with zero attached hydrogens (tertiary/aromatic N) is 4. The fourth-order valence-electron chi connectivity index (χ4n) is 3.42. The second-order valence-electron chi connectivity index (χ2n) is 6.97. The van der Waals surface area contributed by atoms with Crippen LogP contribution in [0.15, 0.2) is 30.5 Å². The molecule has 0 atom stereocenters. The molecule has 1 aromatic heterocycles. The van der Waals surface area contributed by atoms with Crippen LogP contribution < -0.4 is 19.7 Å². The zero-order chi connectivity index (χ0) is 18.5. The highest BCUT2D eigenvalue weighted by Crippen LogP contribution is 2.32. The Balaban J connectivity index is 1.30. The lowest BCUT2D eigenvalue weighted by atomic mass is 10.1. The van der Waals surface area contributed by atoms with Crippen LogP contribution in [0.1, 0.15) is 25.3 Å². The van der Waals surface area contributed by atoms with E-state index in [0.29, 0.717) is 6.79 Å². The second-order valence-corrected chi connectivity index (χ2v) is 6.97. The molecule has 1 N–H and O–H groups in total. The van der Waals surface area contributed by atoms with Gasteiger partial charge in [0.1, 0.15) is 5.82 Å². The van der Waals surface area contributed by atoms with Gasteiger partial charge < -0.3 is 19.7 Å². The van der Waals surface area contributed by atoms with E-state index in [1.807, 2.05) is 18.3 Å². The smallest absolute Gasteiger partial charge is 0.231 e. The topological polar surface area (TPSA) is 62.8 Å². The third-order valence-electron chi connectivity index (χ3n) is 4.99. The van der Waals surface area contributed by atoms with Gasteiger partial charge in [-0.1, -0.05) is 19.4 Å². The van der Waals surface area contributed by atoms with Crippen LogP contribution in [0, 0.1) is 0 Å².